The van der Waals surface area contributed by atoms with Crippen LogP contribution in [0.2, 0.25) is 5.02 Å². The van der Waals surface area contributed by atoms with Gasteiger partial charge in [0.05, 0.1) is 5.02 Å². The topological polar surface area (TPSA) is 38.1 Å². The lowest BCUT2D eigenvalue weighted by atomic mass is 10.2. The molecular weight excluding hydrogens is 272 g/mol. The molecule has 3 rings (SSSR count). The highest BCUT2D eigenvalue weighted by molar-refractivity contribution is 6.34. The molecule has 0 bridgehead atoms. The Morgan fingerprint density at radius 2 is 2.10 bits per heavy atom. The van der Waals surface area contributed by atoms with Gasteiger partial charge in [0.2, 0.25) is 0 Å². The standard InChI is InChI=1S/C16H21ClN2O/c1-10(2)16-19-14-8-11(7-13(17)15(14)20-16)9-18-12-5-3-4-6-12/h7-8,10,12,18H,3-6,9H2,1-2H3. The molecule has 2 aromatic rings. The zero-order valence-corrected chi connectivity index (χ0v) is 12.8. The normalized spacial score (nSPS) is 16.6. The van der Waals surface area contributed by atoms with Crippen LogP contribution in [0.3, 0.4) is 0 Å². The molecule has 1 aromatic carbocycles. The van der Waals surface area contributed by atoms with Gasteiger partial charge in [-0.2, -0.15) is 0 Å². The predicted molar refractivity (Wildman–Crippen MR) is 82.2 cm³/mol. The summed E-state index contributed by atoms with van der Waals surface area (Å²) in [5.41, 5.74) is 2.75. The molecule has 1 N–H and O–H groups in total. The number of rotatable bonds is 4. The van der Waals surface area contributed by atoms with Crippen LogP contribution in [0.15, 0.2) is 16.5 Å². The second kappa shape index (κ2) is 5.74. The predicted octanol–water partition coefficient (Wildman–Crippen LogP) is 4.64. The Bertz CT molecular complexity index is 600. The molecule has 0 spiro atoms. The fraction of sp³-hybridized carbons (Fsp3) is 0.562. The molecule has 0 atom stereocenters. The van der Waals surface area contributed by atoms with E-state index in [0.717, 1.165) is 18.0 Å². The Morgan fingerprint density at radius 1 is 1.35 bits per heavy atom. The third-order valence-corrected chi connectivity index (χ3v) is 4.25. The van der Waals surface area contributed by atoms with E-state index in [2.05, 4.69) is 30.2 Å². The Balaban J connectivity index is 1.81. The molecular formula is C16H21ClN2O. The summed E-state index contributed by atoms with van der Waals surface area (Å²) in [6.07, 6.45) is 5.27. The van der Waals surface area contributed by atoms with Crippen LogP contribution >= 0.6 is 11.6 Å². The number of hydrogen-bond acceptors (Lipinski definition) is 3. The van der Waals surface area contributed by atoms with Crippen molar-refractivity contribution in [2.45, 2.75) is 58.0 Å². The Kier molecular flexibility index (Phi) is 3.99. The first-order valence-corrected chi connectivity index (χ1v) is 7.83. The van der Waals surface area contributed by atoms with E-state index in [-0.39, 0.29) is 5.92 Å². The van der Waals surface area contributed by atoms with Crippen molar-refractivity contribution in [1.29, 1.82) is 0 Å². The molecule has 3 nitrogen and oxygen atoms in total. The fourth-order valence-corrected chi connectivity index (χ4v) is 3.08. The van der Waals surface area contributed by atoms with Gasteiger partial charge in [-0.3, -0.25) is 0 Å². The molecule has 20 heavy (non-hydrogen) atoms. The molecule has 1 saturated carbocycles. The molecule has 0 radical (unpaired) electrons. The molecule has 0 unspecified atom stereocenters. The van der Waals surface area contributed by atoms with Crippen molar-refractivity contribution >= 4 is 22.7 Å². The number of hydrogen-bond donors (Lipinski definition) is 1. The number of nitrogens with one attached hydrogen (secondary N) is 1. The van der Waals surface area contributed by atoms with Crippen molar-refractivity contribution in [1.82, 2.24) is 10.3 Å². The Labute approximate surface area is 124 Å². The molecule has 1 aliphatic carbocycles. The van der Waals surface area contributed by atoms with Gasteiger partial charge in [-0.1, -0.05) is 38.3 Å². The summed E-state index contributed by atoms with van der Waals surface area (Å²) in [5.74, 6) is 1.03. The van der Waals surface area contributed by atoms with Crippen molar-refractivity contribution in [2.75, 3.05) is 0 Å². The number of fused-ring (bicyclic) bond motifs is 1. The highest BCUT2D eigenvalue weighted by Crippen LogP contribution is 2.29. The van der Waals surface area contributed by atoms with Crippen LogP contribution in [-0.2, 0) is 6.54 Å². The summed E-state index contributed by atoms with van der Waals surface area (Å²) < 4.78 is 5.73. The van der Waals surface area contributed by atoms with Crippen LogP contribution in [0.4, 0.5) is 0 Å². The van der Waals surface area contributed by atoms with Crippen LogP contribution < -0.4 is 5.32 Å². The first-order chi connectivity index (χ1) is 9.63. The average molecular weight is 293 g/mol. The third kappa shape index (κ3) is 2.84. The van der Waals surface area contributed by atoms with E-state index in [0.29, 0.717) is 16.6 Å². The van der Waals surface area contributed by atoms with Gasteiger partial charge >= 0.3 is 0 Å². The molecule has 1 heterocycles. The lowest BCUT2D eigenvalue weighted by Gasteiger charge is -2.11. The first-order valence-electron chi connectivity index (χ1n) is 7.45. The van der Waals surface area contributed by atoms with E-state index in [1.807, 2.05) is 6.07 Å². The molecule has 0 amide bonds. The van der Waals surface area contributed by atoms with E-state index in [9.17, 15) is 0 Å². The second-order valence-electron chi connectivity index (χ2n) is 5.99. The summed E-state index contributed by atoms with van der Waals surface area (Å²) in [4.78, 5) is 4.53. The van der Waals surface area contributed by atoms with Crippen LogP contribution in [0, 0.1) is 0 Å². The number of nitrogens with zero attached hydrogens (tertiary/aromatic N) is 1. The summed E-state index contributed by atoms with van der Waals surface area (Å²) in [6.45, 7) is 4.99. The molecule has 1 aliphatic rings. The third-order valence-electron chi connectivity index (χ3n) is 3.96. The van der Waals surface area contributed by atoms with Gasteiger partial charge in [0.25, 0.3) is 0 Å². The van der Waals surface area contributed by atoms with Crippen molar-refractivity contribution < 1.29 is 4.42 Å². The van der Waals surface area contributed by atoms with Gasteiger partial charge in [0, 0.05) is 18.5 Å². The fourth-order valence-electron chi connectivity index (χ4n) is 2.80. The monoisotopic (exact) mass is 292 g/mol. The number of halogens is 1. The summed E-state index contributed by atoms with van der Waals surface area (Å²) >= 11 is 6.31. The van der Waals surface area contributed by atoms with E-state index < -0.39 is 0 Å². The number of oxazole rings is 1. The van der Waals surface area contributed by atoms with E-state index >= 15 is 0 Å². The van der Waals surface area contributed by atoms with Gasteiger partial charge < -0.3 is 9.73 Å². The highest BCUT2D eigenvalue weighted by atomic mass is 35.5. The molecule has 4 heteroatoms. The first kappa shape index (κ1) is 13.9. The maximum Gasteiger partial charge on any atom is 0.198 e. The van der Waals surface area contributed by atoms with E-state index in [1.165, 1.54) is 31.2 Å². The van der Waals surface area contributed by atoms with E-state index in [1.54, 1.807) is 0 Å². The maximum atomic E-state index is 6.31. The van der Waals surface area contributed by atoms with Crippen molar-refractivity contribution in [3.8, 4) is 0 Å². The SMILES string of the molecule is CC(C)c1nc2cc(CNC3CCCC3)cc(Cl)c2o1. The number of benzene rings is 1. The lowest BCUT2D eigenvalue weighted by Crippen LogP contribution is -2.25. The van der Waals surface area contributed by atoms with Crippen molar-refractivity contribution in [3.05, 3.63) is 28.6 Å². The van der Waals surface area contributed by atoms with Crippen LogP contribution in [-0.4, -0.2) is 11.0 Å². The Morgan fingerprint density at radius 3 is 2.80 bits per heavy atom. The lowest BCUT2D eigenvalue weighted by molar-refractivity contribution is 0.501. The molecule has 0 saturated heterocycles. The minimum absolute atomic E-state index is 0.276. The van der Waals surface area contributed by atoms with Gasteiger partial charge in [0.15, 0.2) is 11.5 Å². The second-order valence-corrected chi connectivity index (χ2v) is 6.40. The van der Waals surface area contributed by atoms with Gasteiger partial charge in [0.1, 0.15) is 5.52 Å². The minimum Gasteiger partial charge on any atom is -0.439 e. The average Bonchev–Trinajstić information content (AvgIpc) is 3.05. The number of aromatic nitrogens is 1. The summed E-state index contributed by atoms with van der Waals surface area (Å²) in [6, 6.07) is 4.73. The van der Waals surface area contributed by atoms with Gasteiger partial charge in [-0.25, -0.2) is 4.98 Å². The Hall–Kier alpha value is -1.06. The zero-order valence-electron chi connectivity index (χ0n) is 12.1. The summed E-state index contributed by atoms with van der Waals surface area (Å²) in [5, 5.41) is 4.26. The zero-order chi connectivity index (χ0) is 14.1. The smallest absolute Gasteiger partial charge is 0.198 e. The largest absolute Gasteiger partial charge is 0.439 e. The minimum atomic E-state index is 0.276. The van der Waals surface area contributed by atoms with Gasteiger partial charge in [-0.15, -0.1) is 0 Å². The molecule has 1 aromatic heterocycles. The maximum absolute atomic E-state index is 6.31. The molecule has 108 valence electrons. The van der Waals surface area contributed by atoms with Gasteiger partial charge in [-0.05, 0) is 30.5 Å². The van der Waals surface area contributed by atoms with Crippen LogP contribution in [0.5, 0.6) is 0 Å². The van der Waals surface area contributed by atoms with Crippen molar-refractivity contribution in [2.24, 2.45) is 0 Å². The van der Waals surface area contributed by atoms with Crippen LogP contribution in [0.25, 0.3) is 11.1 Å². The molecule has 0 aliphatic heterocycles. The van der Waals surface area contributed by atoms with E-state index in [4.69, 9.17) is 16.0 Å². The molecule has 1 fully saturated rings. The summed E-state index contributed by atoms with van der Waals surface area (Å²) in [7, 11) is 0. The quantitative estimate of drug-likeness (QED) is 0.892. The highest BCUT2D eigenvalue weighted by Gasteiger charge is 2.16. The van der Waals surface area contributed by atoms with Crippen LogP contribution in [0.1, 0.15) is 56.9 Å². The van der Waals surface area contributed by atoms with Crippen molar-refractivity contribution in [3.63, 3.8) is 0 Å².